The Bertz CT molecular complexity index is 195. The fourth-order valence-electron chi connectivity index (χ4n) is 2.17. The molecule has 3 heteroatoms. The van der Waals surface area contributed by atoms with Crippen molar-refractivity contribution in [3.05, 3.63) is 0 Å². The van der Waals surface area contributed by atoms with Crippen LogP contribution in [0.2, 0.25) is 0 Å². The Morgan fingerprint density at radius 3 is 2.24 bits per heavy atom. The van der Waals surface area contributed by atoms with Crippen LogP contribution in [0.1, 0.15) is 65.7 Å². The van der Waals surface area contributed by atoms with Crippen molar-refractivity contribution in [2.24, 2.45) is 0 Å². The number of aliphatic carboxylic acids is 1. The number of hydrogen-bond acceptors (Lipinski definition) is 2. The number of hydrogen-bond donors (Lipinski definition) is 1. The van der Waals surface area contributed by atoms with Crippen molar-refractivity contribution in [2.75, 3.05) is 13.1 Å². The molecule has 0 saturated carbocycles. The van der Waals surface area contributed by atoms with Crippen molar-refractivity contribution in [3.63, 3.8) is 0 Å². The van der Waals surface area contributed by atoms with Gasteiger partial charge in [-0.05, 0) is 26.4 Å². The van der Waals surface area contributed by atoms with Gasteiger partial charge in [0.1, 0.15) is 0 Å². The average molecular weight is 243 g/mol. The van der Waals surface area contributed by atoms with Gasteiger partial charge in [0.05, 0.1) is 6.42 Å². The molecule has 17 heavy (non-hydrogen) atoms. The maximum Gasteiger partial charge on any atom is 0.304 e. The van der Waals surface area contributed by atoms with E-state index in [0.717, 1.165) is 13.1 Å². The number of unbranched alkanes of at least 4 members (excludes halogenated alkanes) is 5. The number of carbonyl (C=O) groups is 1. The molecule has 0 heterocycles. The van der Waals surface area contributed by atoms with Gasteiger partial charge in [-0.15, -0.1) is 0 Å². The second kappa shape index (κ2) is 10.6. The fraction of sp³-hybridized carbons (Fsp3) is 0.929. The third-order valence-corrected chi connectivity index (χ3v) is 3.30. The first-order chi connectivity index (χ1) is 8.11. The van der Waals surface area contributed by atoms with E-state index in [4.69, 9.17) is 5.11 Å². The largest absolute Gasteiger partial charge is 0.481 e. The minimum absolute atomic E-state index is 0.160. The van der Waals surface area contributed by atoms with Crippen molar-refractivity contribution < 1.29 is 9.90 Å². The lowest BCUT2D eigenvalue weighted by molar-refractivity contribution is -0.138. The Labute approximate surface area is 106 Å². The van der Waals surface area contributed by atoms with Crippen molar-refractivity contribution in [1.29, 1.82) is 0 Å². The summed E-state index contributed by atoms with van der Waals surface area (Å²) in [7, 11) is 0. The summed E-state index contributed by atoms with van der Waals surface area (Å²) in [6.07, 6.45) is 8.01. The first-order valence-corrected chi connectivity index (χ1v) is 7.07. The SMILES string of the molecule is CCCCCCCCN(CC)C(C)CC(=O)O. The van der Waals surface area contributed by atoms with E-state index < -0.39 is 5.97 Å². The van der Waals surface area contributed by atoms with Crippen molar-refractivity contribution in [2.45, 2.75) is 71.8 Å². The van der Waals surface area contributed by atoms with Gasteiger partial charge in [0, 0.05) is 6.04 Å². The quantitative estimate of drug-likeness (QED) is 0.564. The standard InChI is InChI=1S/C14H29NO2/c1-4-6-7-8-9-10-11-15(5-2)13(3)12-14(16)17/h13H,4-12H2,1-3H3,(H,16,17). The summed E-state index contributed by atoms with van der Waals surface area (Å²) >= 11 is 0. The van der Waals surface area contributed by atoms with E-state index in [1.165, 1.54) is 38.5 Å². The molecule has 0 aromatic rings. The second-order valence-corrected chi connectivity index (χ2v) is 4.84. The number of nitrogens with zero attached hydrogens (tertiary/aromatic N) is 1. The summed E-state index contributed by atoms with van der Waals surface area (Å²) in [6.45, 7) is 8.33. The van der Waals surface area contributed by atoms with Gasteiger partial charge in [-0.2, -0.15) is 0 Å². The van der Waals surface area contributed by atoms with Crippen LogP contribution in [0.4, 0.5) is 0 Å². The highest BCUT2D eigenvalue weighted by molar-refractivity contribution is 5.67. The molecule has 0 amide bonds. The summed E-state index contributed by atoms with van der Waals surface area (Å²) < 4.78 is 0. The average Bonchev–Trinajstić information content (AvgIpc) is 2.27. The predicted octanol–water partition coefficient (Wildman–Crippen LogP) is 3.53. The monoisotopic (exact) mass is 243 g/mol. The first-order valence-electron chi connectivity index (χ1n) is 7.07. The van der Waals surface area contributed by atoms with E-state index in [0.29, 0.717) is 0 Å². The van der Waals surface area contributed by atoms with Crippen LogP contribution in [0.5, 0.6) is 0 Å². The molecule has 1 atom stereocenters. The molecule has 0 spiro atoms. The molecule has 1 N–H and O–H groups in total. The first kappa shape index (κ1) is 16.4. The Balaban J connectivity index is 3.63. The molecule has 0 saturated heterocycles. The van der Waals surface area contributed by atoms with Crippen LogP contribution >= 0.6 is 0 Å². The Kier molecular flexibility index (Phi) is 10.2. The maximum atomic E-state index is 10.7. The van der Waals surface area contributed by atoms with Gasteiger partial charge in [0.15, 0.2) is 0 Å². The van der Waals surface area contributed by atoms with Crippen molar-refractivity contribution >= 4 is 5.97 Å². The third kappa shape index (κ3) is 9.16. The molecule has 0 bridgehead atoms. The van der Waals surface area contributed by atoms with Crippen LogP contribution < -0.4 is 0 Å². The number of rotatable bonds is 11. The summed E-state index contributed by atoms with van der Waals surface area (Å²) in [4.78, 5) is 12.9. The molecule has 0 aromatic carbocycles. The summed E-state index contributed by atoms with van der Waals surface area (Å²) in [6, 6.07) is 0.160. The van der Waals surface area contributed by atoms with Gasteiger partial charge in [-0.25, -0.2) is 0 Å². The predicted molar refractivity (Wildman–Crippen MR) is 72.3 cm³/mol. The highest BCUT2D eigenvalue weighted by Crippen LogP contribution is 2.09. The summed E-state index contributed by atoms with van der Waals surface area (Å²) in [5.41, 5.74) is 0. The molecule has 0 radical (unpaired) electrons. The number of carboxylic acid groups (broad SMARTS) is 1. The second-order valence-electron chi connectivity index (χ2n) is 4.84. The van der Waals surface area contributed by atoms with Crippen molar-refractivity contribution in [3.8, 4) is 0 Å². The van der Waals surface area contributed by atoms with Gasteiger partial charge in [-0.1, -0.05) is 46.0 Å². The molecule has 1 unspecified atom stereocenters. The molecule has 3 nitrogen and oxygen atoms in total. The number of carboxylic acids is 1. The van der Waals surface area contributed by atoms with Crippen LogP contribution in [0.15, 0.2) is 0 Å². The van der Waals surface area contributed by atoms with Crippen LogP contribution in [-0.4, -0.2) is 35.1 Å². The zero-order valence-electron chi connectivity index (χ0n) is 11.7. The van der Waals surface area contributed by atoms with Crippen LogP contribution in [-0.2, 0) is 4.79 Å². The summed E-state index contributed by atoms with van der Waals surface area (Å²) in [5.74, 6) is -0.695. The molecule has 0 aliphatic heterocycles. The summed E-state index contributed by atoms with van der Waals surface area (Å²) in [5, 5.41) is 8.77. The molecule has 0 aromatic heterocycles. The van der Waals surface area contributed by atoms with Crippen molar-refractivity contribution in [1.82, 2.24) is 4.90 Å². The lowest BCUT2D eigenvalue weighted by atomic mass is 10.1. The van der Waals surface area contributed by atoms with Gasteiger partial charge >= 0.3 is 5.97 Å². The fourth-order valence-corrected chi connectivity index (χ4v) is 2.17. The lowest BCUT2D eigenvalue weighted by Gasteiger charge is -2.26. The smallest absolute Gasteiger partial charge is 0.304 e. The van der Waals surface area contributed by atoms with E-state index in [9.17, 15) is 4.79 Å². The zero-order chi connectivity index (χ0) is 13.1. The third-order valence-electron chi connectivity index (χ3n) is 3.30. The highest BCUT2D eigenvalue weighted by Gasteiger charge is 2.14. The van der Waals surface area contributed by atoms with Crippen LogP contribution in [0.25, 0.3) is 0 Å². The molecule has 0 aliphatic carbocycles. The Morgan fingerprint density at radius 1 is 1.12 bits per heavy atom. The maximum absolute atomic E-state index is 10.7. The van der Waals surface area contributed by atoms with E-state index in [1.54, 1.807) is 0 Å². The molecule has 0 fully saturated rings. The normalized spacial score (nSPS) is 12.9. The van der Waals surface area contributed by atoms with E-state index in [-0.39, 0.29) is 12.5 Å². The van der Waals surface area contributed by atoms with Gasteiger partial charge in [0.25, 0.3) is 0 Å². The topological polar surface area (TPSA) is 40.5 Å². The Hall–Kier alpha value is -0.570. The minimum atomic E-state index is -0.695. The van der Waals surface area contributed by atoms with E-state index in [1.807, 2.05) is 6.92 Å². The van der Waals surface area contributed by atoms with Gasteiger partial charge in [0.2, 0.25) is 0 Å². The Morgan fingerprint density at radius 2 is 1.71 bits per heavy atom. The van der Waals surface area contributed by atoms with Crippen LogP contribution in [0, 0.1) is 0 Å². The van der Waals surface area contributed by atoms with Gasteiger partial charge in [-0.3, -0.25) is 4.79 Å². The highest BCUT2D eigenvalue weighted by atomic mass is 16.4. The van der Waals surface area contributed by atoms with Gasteiger partial charge < -0.3 is 10.0 Å². The van der Waals surface area contributed by atoms with E-state index >= 15 is 0 Å². The van der Waals surface area contributed by atoms with Crippen LogP contribution in [0.3, 0.4) is 0 Å². The minimum Gasteiger partial charge on any atom is -0.481 e. The molecule has 102 valence electrons. The molecular formula is C14H29NO2. The van der Waals surface area contributed by atoms with E-state index in [2.05, 4.69) is 18.7 Å². The zero-order valence-corrected chi connectivity index (χ0v) is 11.7. The molecule has 0 aliphatic rings. The molecular weight excluding hydrogens is 214 g/mol. The lowest BCUT2D eigenvalue weighted by Crippen LogP contribution is -2.35. The molecule has 0 rings (SSSR count).